The lowest BCUT2D eigenvalue weighted by molar-refractivity contribution is -0.138. The number of amides is 2. The summed E-state index contributed by atoms with van der Waals surface area (Å²) in [5, 5.41) is 2.99. The molecule has 1 N–H and O–H groups in total. The predicted octanol–water partition coefficient (Wildman–Crippen LogP) is 2.46. The molecule has 1 atom stereocenters. The smallest absolute Gasteiger partial charge is 0.249 e. The third-order valence-electron chi connectivity index (χ3n) is 5.83. The molecule has 3 rings (SSSR count). The zero-order valence-electron chi connectivity index (χ0n) is 17.8. The Bertz CT molecular complexity index is 651. The van der Waals surface area contributed by atoms with Crippen LogP contribution in [0.4, 0.5) is 0 Å². The SMILES string of the molecule is CC(C)CC(=O)NC(C(=O)N1CCC(CN2CCOCC2)CC1)c1ccccc1. The number of nitrogens with one attached hydrogen (secondary N) is 1. The Balaban J connectivity index is 1.58. The van der Waals surface area contributed by atoms with Crippen molar-refractivity contribution < 1.29 is 14.3 Å². The summed E-state index contributed by atoms with van der Waals surface area (Å²) in [6, 6.07) is 9.00. The normalized spacial score (nSPS) is 19.9. The van der Waals surface area contributed by atoms with E-state index in [0.29, 0.717) is 12.3 Å². The summed E-state index contributed by atoms with van der Waals surface area (Å²) in [4.78, 5) is 30.1. The van der Waals surface area contributed by atoms with Crippen LogP contribution in [-0.2, 0) is 14.3 Å². The summed E-state index contributed by atoms with van der Waals surface area (Å²) in [5.41, 5.74) is 0.852. The van der Waals surface area contributed by atoms with Gasteiger partial charge in [-0.25, -0.2) is 0 Å². The molecule has 1 unspecified atom stereocenters. The molecule has 0 saturated carbocycles. The first-order valence-corrected chi connectivity index (χ1v) is 11.0. The lowest BCUT2D eigenvalue weighted by Crippen LogP contribution is -2.48. The largest absolute Gasteiger partial charge is 0.379 e. The number of benzene rings is 1. The number of nitrogens with zero attached hydrogens (tertiary/aromatic N) is 2. The minimum Gasteiger partial charge on any atom is -0.379 e. The Hall–Kier alpha value is -1.92. The summed E-state index contributed by atoms with van der Waals surface area (Å²) >= 11 is 0. The number of morpholine rings is 1. The molecule has 2 amide bonds. The summed E-state index contributed by atoms with van der Waals surface area (Å²) in [6.45, 7) is 10.3. The van der Waals surface area contributed by atoms with Gasteiger partial charge in [-0.2, -0.15) is 0 Å². The molecule has 29 heavy (non-hydrogen) atoms. The number of hydrogen-bond donors (Lipinski definition) is 1. The van der Waals surface area contributed by atoms with E-state index in [9.17, 15) is 9.59 Å². The monoisotopic (exact) mass is 401 g/mol. The van der Waals surface area contributed by atoms with Gasteiger partial charge in [0.05, 0.1) is 13.2 Å². The van der Waals surface area contributed by atoms with Crippen molar-refractivity contribution >= 4 is 11.8 Å². The number of likely N-dealkylation sites (tertiary alicyclic amines) is 1. The molecule has 0 radical (unpaired) electrons. The van der Waals surface area contributed by atoms with E-state index < -0.39 is 6.04 Å². The zero-order valence-corrected chi connectivity index (χ0v) is 17.8. The summed E-state index contributed by atoms with van der Waals surface area (Å²) in [7, 11) is 0. The predicted molar refractivity (Wildman–Crippen MR) is 113 cm³/mol. The quantitative estimate of drug-likeness (QED) is 0.762. The molecule has 0 aliphatic carbocycles. The third-order valence-corrected chi connectivity index (χ3v) is 5.83. The molecule has 2 aliphatic rings. The van der Waals surface area contributed by atoms with Crippen LogP contribution in [0.2, 0.25) is 0 Å². The van der Waals surface area contributed by atoms with Crippen LogP contribution in [-0.4, -0.2) is 67.6 Å². The van der Waals surface area contributed by atoms with Crippen molar-refractivity contribution in [1.29, 1.82) is 0 Å². The highest BCUT2D eigenvalue weighted by Crippen LogP contribution is 2.23. The van der Waals surface area contributed by atoms with E-state index in [1.165, 1.54) is 0 Å². The fourth-order valence-corrected chi connectivity index (χ4v) is 4.19. The second-order valence-electron chi connectivity index (χ2n) is 8.69. The van der Waals surface area contributed by atoms with Gasteiger partial charge in [-0.05, 0) is 30.2 Å². The molecular weight excluding hydrogens is 366 g/mol. The molecule has 0 spiro atoms. The minimum absolute atomic E-state index is 0.0122. The van der Waals surface area contributed by atoms with Crippen LogP contribution in [0.25, 0.3) is 0 Å². The van der Waals surface area contributed by atoms with Crippen molar-refractivity contribution in [2.24, 2.45) is 11.8 Å². The highest BCUT2D eigenvalue weighted by molar-refractivity contribution is 5.88. The van der Waals surface area contributed by atoms with Crippen molar-refractivity contribution in [3.05, 3.63) is 35.9 Å². The van der Waals surface area contributed by atoms with Crippen LogP contribution in [0, 0.1) is 11.8 Å². The van der Waals surface area contributed by atoms with E-state index in [2.05, 4.69) is 10.2 Å². The summed E-state index contributed by atoms with van der Waals surface area (Å²) in [5.74, 6) is 0.836. The van der Waals surface area contributed by atoms with Crippen LogP contribution in [0.1, 0.15) is 44.7 Å². The Labute approximate surface area is 174 Å². The van der Waals surface area contributed by atoms with Gasteiger partial charge in [0.2, 0.25) is 11.8 Å². The second-order valence-corrected chi connectivity index (χ2v) is 8.69. The second kappa shape index (κ2) is 10.7. The van der Waals surface area contributed by atoms with Crippen LogP contribution in [0.5, 0.6) is 0 Å². The van der Waals surface area contributed by atoms with Crippen LogP contribution in [0.15, 0.2) is 30.3 Å². The highest BCUT2D eigenvalue weighted by Gasteiger charge is 2.31. The van der Waals surface area contributed by atoms with Crippen LogP contribution in [0.3, 0.4) is 0 Å². The Morgan fingerprint density at radius 1 is 1.07 bits per heavy atom. The Morgan fingerprint density at radius 2 is 1.72 bits per heavy atom. The van der Waals surface area contributed by atoms with E-state index in [1.807, 2.05) is 49.1 Å². The first-order chi connectivity index (χ1) is 14.0. The number of rotatable bonds is 7. The molecular formula is C23H35N3O3. The van der Waals surface area contributed by atoms with E-state index in [4.69, 9.17) is 4.74 Å². The number of carbonyl (C=O) groups is 2. The maximum atomic E-state index is 13.3. The van der Waals surface area contributed by atoms with Gasteiger partial charge in [0.15, 0.2) is 0 Å². The lowest BCUT2D eigenvalue weighted by atomic mass is 9.94. The van der Waals surface area contributed by atoms with Crippen molar-refractivity contribution in [3.8, 4) is 0 Å². The minimum atomic E-state index is -0.599. The topological polar surface area (TPSA) is 61.9 Å². The number of piperidine rings is 1. The van der Waals surface area contributed by atoms with E-state index in [-0.39, 0.29) is 17.7 Å². The molecule has 2 saturated heterocycles. The molecule has 0 bridgehead atoms. The van der Waals surface area contributed by atoms with Crippen molar-refractivity contribution in [1.82, 2.24) is 15.1 Å². The Morgan fingerprint density at radius 3 is 2.34 bits per heavy atom. The van der Waals surface area contributed by atoms with Crippen LogP contribution >= 0.6 is 0 Å². The summed E-state index contributed by atoms with van der Waals surface area (Å²) in [6.07, 6.45) is 2.47. The number of ether oxygens (including phenoxy) is 1. The number of carbonyl (C=O) groups excluding carboxylic acids is 2. The van der Waals surface area contributed by atoms with Gasteiger partial charge in [0, 0.05) is 39.1 Å². The fraction of sp³-hybridized carbons (Fsp3) is 0.652. The molecule has 0 aromatic heterocycles. The molecule has 2 heterocycles. The average Bonchev–Trinajstić information content (AvgIpc) is 2.73. The van der Waals surface area contributed by atoms with Gasteiger partial charge in [0.1, 0.15) is 6.04 Å². The third kappa shape index (κ3) is 6.54. The van der Waals surface area contributed by atoms with Gasteiger partial charge < -0.3 is 15.0 Å². The fourth-order valence-electron chi connectivity index (χ4n) is 4.19. The van der Waals surface area contributed by atoms with Gasteiger partial charge in [0.25, 0.3) is 0 Å². The molecule has 1 aromatic carbocycles. The van der Waals surface area contributed by atoms with Gasteiger partial charge in [-0.1, -0.05) is 44.2 Å². The molecule has 2 aliphatic heterocycles. The molecule has 6 nitrogen and oxygen atoms in total. The molecule has 160 valence electrons. The summed E-state index contributed by atoms with van der Waals surface area (Å²) < 4.78 is 5.43. The standard InChI is InChI=1S/C23H35N3O3/c1-18(2)16-21(27)24-22(20-6-4-3-5-7-20)23(28)26-10-8-19(9-11-26)17-25-12-14-29-15-13-25/h3-7,18-19,22H,8-17H2,1-2H3,(H,24,27). The van der Waals surface area contributed by atoms with E-state index >= 15 is 0 Å². The first-order valence-electron chi connectivity index (χ1n) is 11.0. The molecule has 1 aromatic rings. The van der Waals surface area contributed by atoms with Crippen molar-refractivity contribution in [3.63, 3.8) is 0 Å². The maximum absolute atomic E-state index is 13.3. The van der Waals surface area contributed by atoms with Gasteiger partial charge in [-0.3, -0.25) is 14.5 Å². The zero-order chi connectivity index (χ0) is 20.6. The first kappa shape index (κ1) is 21.8. The average molecular weight is 402 g/mol. The lowest BCUT2D eigenvalue weighted by Gasteiger charge is -2.37. The highest BCUT2D eigenvalue weighted by atomic mass is 16.5. The number of hydrogen-bond acceptors (Lipinski definition) is 4. The maximum Gasteiger partial charge on any atom is 0.249 e. The van der Waals surface area contributed by atoms with Crippen LogP contribution < -0.4 is 5.32 Å². The van der Waals surface area contributed by atoms with E-state index in [1.54, 1.807) is 0 Å². The van der Waals surface area contributed by atoms with Crippen molar-refractivity contribution in [2.45, 2.75) is 39.2 Å². The molecule has 6 heteroatoms. The van der Waals surface area contributed by atoms with Gasteiger partial charge >= 0.3 is 0 Å². The molecule has 2 fully saturated rings. The Kier molecular flexibility index (Phi) is 8.07. The van der Waals surface area contributed by atoms with Crippen molar-refractivity contribution in [2.75, 3.05) is 45.9 Å². The van der Waals surface area contributed by atoms with Gasteiger partial charge in [-0.15, -0.1) is 0 Å². The van der Waals surface area contributed by atoms with E-state index in [0.717, 1.165) is 64.3 Å².